The van der Waals surface area contributed by atoms with Crippen LogP contribution in [0.3, 0.4) is 0 Å². The number of benzene rings is 1. The molecule has 90 valence electrons. The number of hydrogen-bond donors (Lipinski definition) is 1. The minimum atomic E-state index is -4.70. The fourth-order valence-corrected chi connectivity index (χ4v) is 2.15. The molecule has 9 heteroatoms. The Labute approximate surface area is 94.6 Å². The molecular formula is C8H3F3N2O3S. The van der Waals surface area contributed by atoms with Crippen LogP contribution >= 0.6 is 11.3 Å². The maximum atomic E-state index is 12.5. The van der Waals surface area contributed by atoms with E-state index in [0.717, 1.165) is 0 Å². The normalized spacial score (nSPS) is 11.9. The fraction of sp³-hybridized carbons (Fsp3) is 0.125. The molecule has 0 radical (unpaired) electrons. The standard InChI is InChI=1S/C8H3F3N2O3S/c9-8(10,11)3-1-4-6(17-7(14)12-4)5(2-3)13(15)16/h1-2H,(H,12,14). The van der Waals surface area contributed by atoms with Gasteiger partial charge < -0.3 is 4.98 Å². The van der Waals surface area contributed by atoms with E-state index in [2.05, 4.69) is 4.98 Å². The molecule has 0 aliphatic heterocycles. The molecule has 0 aliphatic rings. The molecule has 0 spiro atoms. The first-order valence-electron chi connectivity index (χ1n) is 4.17. The summed E-state index contributed by atoms with van der Waals surface area (Å²) < 4.78 is 37.3. The Kier molecular flexibility index (Phi) is 2.42. The molecule has 17 heavy (non-hydrogen) atoms. The first-order valence-corrected chi connectivity index (χ1v) is 4.99. The molecule has 0 saturated heterocycles. The quantitative estimate of drug-likeness (QED) is 0.635. The van der Waals surface area contributed by atoms with Crippen molar-refractivity contribution in [2.45, 2.75) is 6.18 Å². The highest BCUT2D eigenvalue weighted by molar-refractivity contribution is 7.17. The number of hydrogen-bond acceptors (Lipinski definition) is 4. The Bertz CT molecular complexity index is 658. The Hall–Kier alpha value is -1.90. The molecule has 1 aromatic carbocycles. The lowest BCUT2D eigenvalue weighted by molar-refractivity contribution is -0.383. The number of fused-ring (bicyclic) bond motifs is 1. The smallest absolute Gasteiger partial charge is 0.312 e. The van der Waals surface area contributed by atoms with E-state index in [4.69, 9.17) is 0 Å². The number of aromatic nitrogens is 1. The largest absolute Gasteiger partial charge is 0.416 e. The lowest BCUT2D eigenvalue weighted by Crippen LogP contribution is -2.05. The van der Waals surface area contributed by atoms with Crippen molar-refractivity contribution in [1.82, 2.24) is 4.98 Å². The number of nitro groups is 1. The van der Waals surface area contributed by atoms with Crippen LogP contribution in [0.25, 0.3) is 10.2 Å². The second-order valence-corrected chi connectivity index (χ2v) is 4.12. The van der Waals surface area contributed by atoms with E-state index in [1.165, 1.54) is 0 Å². The summed E-state index contributed by atoms with van der Waals surface area (Å²) in [6.07, 6.45) is -4.70. The SMILES string of the molecule is O=c1[nH]c2cc(C(F)(F)F)cc([N+](=O)[O-])c2s1. The highest BCUT2D eigenvalue weighted by Crippen LogP contribution is 2.36. The van der Waals surface area contributed by atoms with E-state index in [1.54, 1.807) is 0 Å². The van der Waals surface area contributed by atoms with Crippen molar-refractivity contribution < 1.29 is 18.1 Å². The summed E-state index contributed by atoms with van der Waals surface area (Å²) in [5, 5.41) is 10.6. The molecular weight excluding hydrogens is 261 g/mol. The second-order valence-electron chi connectivity index (χ2n) is 3.14. The van der Waals surface area contributed by atoms with Crippen LogP contribution in [0.4, 0.5) is 18.9 Å². The van der Waals surface area contributed by atoms with E-state index < -0.39 is 27.2 Å². The number of alkyl halides is 3. The van der Waals surface area contributed by atoms with Gasteiger partial charge in [-0.05, 0) is 6.07 Å². The number of non-ortho nitro benzene ring substituents is 1. The molecule has 1 heterocycles. The number of rotatable bonds is 1. The Balaban J connectivity index is 2.85. The fourth-order valence-electron chi connectivity index (χ4n) is 1.34. The van der Waals surface area contributed by atoms with Crippen LogP contribution in [0.1, 0.15) is 5.56 Å². The van der Waals surface area contributed by atoms with Crippen molar-refractivity contribution in [2.75, 3.05) is 0 Å². The summed E-state index contributed by atoms with van der Waals surface area (Å²) in [7, 11) is 0. The van der Waals surface area contributed by atoms with Gasteiger partial charge in [0.1, 0.15) is 4.70 Å². The average Bonchev–Trinajstić information content (AvgIpc) is 2.54. The number of thiazole rings is 1. The second kappa shape index (κ2) is 3.55. The van der Waals surface area contributed by atoms with Gasteiger partial charge in [0, 0.05) is 6.07 Å². The van der Waals surface area contributed by atoms with Crippen molar-refractivity contribution in [3.05, 3.63) is 37.5 Å². The van der Waals surface area contributed by atoms with Gasteiger partial charge in [-0.3, -0.25) is 14.9 Å². The molecule has 0 atom stereocenters. The first-order chi connectivity index (χ1) is 7.79. The molecule has 1 aromatic heterocycles. The van der Waals surface area contributed by atoms with Crippen LogP contribution < -0.4 is 4.87 Å². The molecule has 5 nitrogen and oxygen atoms in total. The minimum Gasteiger partial charge on any atom is -0.312 e. The summed E-state index contributed by atoms with van der Waals surface area (Å²) >= 11 is 0.506. The Morgan fingerprint density at radius 1 is 1.35 bits per heavy atom. The minimum absolute atomic E-state index is 0.0898. The van der Waals surface area contributed by atoms with E-state index in [-0.39, 0.29) is 10.2 Å². The number of nitro benzene ring substituents is 1. The highest BCUT2D eigenvalue weighted by atomic mass is 32.1. The predicted octanol–water partition coefficient (Wildman–Crippen LogP) is 2.52. The average molecular weight is 264 g/mol. The lowest BCUT2D eigenvalue weighted by Gasteiger charge is -2.06. The van der Waals surface area contributed by atoms with Gasteiger partial charge >= 0.3 is 11.0 Å². The van der Waals surface area contributed by atoms with Crippen LogP contribution in [0.15, 0.2) is 16.9 Å². The molecule has 0 fully saturated rings. The molecule has 0 amide bonds. The third-order valence-electron chi connectivity index (χ3n) is 2.02. The van der Waals surface area contributed by atoms with Crippen molar-refractivity contribution in [3.63, 3.8) is 0 Å². The summed E-state index contributed by atoms with van der Waals surface area (Å²) in [5.74, 6) is 0. The molecule has 0 saturated carbocycles. The van der Waals surface area contributed by atoms with Crippen LogP contribution in [0, 0.1) is 10.1 Å². The predicted molar refractivity (Wildman–Crippen MR) is 54.1 cm³/mol. The third-order valence-corrected chi connectivity index (χ3v) is 2.95. The van der Waals surface area contributed by atoms with Crippen LogP contribution in [0.2, 0.25) is 0 Å². The number of nitrogens with zero attached hydrogens (tertiary/aromatic N) is 1. The zero-order chi connectivity index (χ0) is 12.8. The Morgan fingerprint density at radius 3 is 2.53 bits per heavy atom. The van der Waals surface area contributed by atoms with Gasteiger partial charge in [0.2, 0.25) is 0 Å². The number of H-pyrrole nitrogens is 1. The van der Waals surface area contributed by atoms with Gasteiger partial charge in [0.15, 0.2) is 0 Å². The molecule has 1 N–H and O–H groups in total. The maximum absolute atomic E-state index is 12.5. The van der Waals surface area contributed by atoms with Gasteiger partial charge in [-0.2, -0.15) is 13.2 Å². The summed E-state index contributed by atoms with van der Waals surface area (Å²) in [4.78, 5) is 22.2. The first kappa shape index (κ1) is 11.6. The van der Waals surface area contributed by atoms with Crippen LogP contribution in [0.5, 0.6) is 0 Å². The summed E-state index contributed by atoms with van der Waals surface area (Å²) in [6, 6.07) is 1.10. The van der Waals surface area contributed by atoms with Crippen LogP contribution in [-0.2, 0) is 6.18 Å². The zero-order valence-electron chi connectivity index (χ0n) is 7.87. The topological polar surface area (TPSA) is 76.0 Å². The van der Waals surface area contributed by atoms with Gasteiger partial charge in [-0.1, -0.05) is 11.3 Å². The number of aromatic amines is 1. The van der Waals surface area contributed by atoms with Crippen molar-refractivity contribution in [3.8, 4) is 0 Å². The third kappa shape index (κ3) is 2.00. The highest BCUT2D eigenvalue weighted by Gasteiger charge is 2.33. The van der Waals surface area contributed by atoms with E-state index in [1.807, 2.05) is 0 Å². The number of nitrogens with one attached hydrogen (secondary N) is 1. The van der Waals surface area contributed by atoms with Gasteiger partial charge in [0.25, 0.3) is 5.69 Å². The number of halogens is 3. The molecule has 0 bridgehead atoms. The lowest BCUT2D eigenvalue weighted by atomic mass is 10.2. The van der Waals surface area contributed by atoms with Gasteiger partial charge in [-0.15, -0.1) is 0 Å². The summed E-state index contributed by atoms with van der Waals surface area (Å²) in [6.45, 7) is 0. The summed E-state index contributed by atoms with van der Waals surface area (Å²) in [5.41, 5.74) is -2.06. The molecule has 0 unspecified atom stereocenters. The zero-order valence-corrected chi connectivity index (χ0v) is 8.69. The van der Waals surface area contributed by atoms with Crippen molar-refractivity contribution >= 4 is 27.2 Å². The van der Waals surface area contributed by atoms with E-state index >= 15 is 0 Å². The van der Waals surface area contributed by atoms with E-state index in [0.29, 0.717) is 23.5 Å². The molecule has 2 aromatic rings. The van der Waals surface area contributed by atoms with Crippen LogP contribution in [-0.4, -0.2) is 9.91 Å². The molecule has 0 aliphatic carbocycles. The monoisotopic (exact) mass is 264 g/mol. The van der Waals surface area contributed by atoms with Crippen molar-refractivity contribution in [1.29, 1.82) is 0 Å². The Morgan fingerprint density at radius 2 is 2.00 bits per heavy atom. The maximum Gasteiger partial charge on any atom is 0.416 e. The van der Waals surface area contributed by atoms with Gasteiger partial charge in [-0.25, -0.2) is 0 Å². The molecule has 2 rings (SSSR count). The van der Waals surface area contributed by atoms with E-state index in [9.17, 15) is 28.1 Å². The van der Waals surface area contributed by atoms with Gasteiger partial charge in [0.05, 0.1) is 16.0 Å². The van der Waals surface area contributed by atoms with Crippen molar-refractivity contribution in [2.24, 2.45) is 0 Å².